The molecule has 1 fully saturated rings. The molecule has 0 spiro atoms. The fraction of sp³-hybridized carbons (Fsp3) is 0.476. The van der Waals surface area contributed by atoms with Gasteiger partial charge < -0.3 is 4.90 Å². The van der Waals surface area contributed by atoms with Crippen molar-refractivity contribution in [3.05, 3.63) is 54.2 Å². The van der Waals surface area contributed by atoms with Crippen LogP contribution in [0.1, 0.15) is 31.2 Å². The van der Waals surface area contributed by atoms with Crippen LogP contribution in [0.3, 0.4) is 0 Å². The Morgan fingerprint density at radius 2 is 1.68 bits per heavy atom. The van der Waals surface area contributed by atoms with E-state index in [0.717, 1.165) is 38.0 Å². The highest BCUT2D eigenvalue weighted by atomic mass is 32.2. The molecule has 0 unspecified atom stereocenters. The molecule has 6 nitrogen and oxygen atoms in total. The summed E-state index contributed by atoms with van der Waals surface area (Å²) >= 11 is 0. The van der Waals surface area contributed by atoms with Crippen LogP contribution in [0.15, 0.2) is 53.6 Å². The van der Waals surface area contributed by atoms with E-state index in [4.69, 9.17) is 0 Å². The van der Waals surface area contributed by atoms with Crippen LogP contribution in [0.25, 0.3) is 0 Å². The lowest BCUT2D eigenvalue weighted by atomic mass is 9.91. The zero-order chi connectivity index (χ0) is 20.1. The smallest absolute Gasteiger partial charge is 0.242 e. The van der Waals surface area contributed by atoms with E-state index in [1.54, 1.807) is 12.1 Å². The molecule has 0 amide bonds. The summed E-state index contributed by atoms with van der Waals surface area (Å²) in [4.78, 5) is 8.66. The Kier molecular flexibility index (Phi) is 6.69. The second-order valence-corrected chi connectivity index (χ2v) is 9.49. The summed E-state index contributed by atoms with van der Waals surface area (Å²) in [6.07, 6.45) is 5.12. The quantitative estimate of drug-likeness (QED) is 0.771. The maximum atomic E-state index is 12.7. The van der Waals surface area contributed by atoms with Gasteiger partial charge in [-0.25, -0.2) is 18.1 Å². The van der Waals surface area contributed by atoms with Gasteiger partial charge >= 0.3 is 0 Å². The number of hydrogen-bond acceptors (Lipinski definition) is 5. The van der Waals surface area contributed by atoms with Crippen LogP contribution in [-0.2, 0) is 16.6 Å². The zero-order valence-electron chi connectivity index (χ0n) is 16.9. The molecule has 1 aromatic carbocycles. The normalized spacial score (nSPS) is 20.3. The summed E-state index contributed by atoms with van der Waals surface area (Å²) in [5.74, 6) is 0.737. The van der Waals surface area contributed by atoms with Crippen LogP contribution in [0.2, 0.25) is 0 Å². The molecule has 0 aliphatic heterocycles. The Morgan fingerprint density at radius 3 is 2.25 bits per heavy atom. The van der Waals surface area contributed by atoms with Crippen LogP contribution in [0, 0.1) is 0 Å². The molecule has 1 heterocycles. The largest absolute Gasteiger partial charge is 0.363 e. The highest BCUT2D eigenvalue weighted by Crippen LogP contribution is 2.25. The van der Waals surface area contributed by atoms with E-state index in [0.29, 0.717) is 6.04 Å². The molecule has 0 atom stereocenters. The van der Waals surface area contributed by atoms with Crippen LogP contribution in [-0.4, -0.2) is 51.5 Å². The number of nitrogens with zero attached hydrogens (tertiary/aromatic N) is 3. The third-order valence-electron chi connectivity index (χ3n) is 5.41. The number of rotatable bonds is 7. The molecule has 0 bridgehead atoms. The summed E-state index contributed by atoms with van der Waals surface area (Å²) in [7, 11) is 2.37. The molecule has 152 valence electrons. The van der Waals surface area contributed by atoms with E-state index in [2.05, 4.69) is 45.9 Å². The second-order valence-electron chi connectivity index (χ2n) is 7.77. The van der Waals surface area contributed by atoms with Gasteiger partial charge in [-0.1, -0.05) is 30.3 Å². The van der Waals surface area contributed by atoms with Gasteiger partial charge in [0.15, 0.2) is 0 Å². The van der Waals surface area contributed by atoms with Crippen molar-refractivity contribution in [1.29, 1.82) is 0 Å². The SMILES string of the molecule is CN(C)c1ccc(S(=O)(=O)N[C@H]2CC[C@H](N(C)Cc3ccccc3)CC2)cn1. The standard InChI is InChI=1S/C21H30N4O2S/c1-24(2)21-14-13-20(15-22-21)28(26,27)23-18-9-11-19(12-10-18)25(3)16-17-7-5-4-6-8-17/h4-8,13-15,18-19,23H,9-12,16H2,1-3H3/t18-,19-. The number of sulfonamides is 1. The summed E-state index contributed by atoms with van der Waals surface area (Å²) in [6, 6.07) is 14.3. The first-order valence-corrected chi connectivity index (χ1v) is 11.2. The molecule has 3 rings (SSSR count). The van der Waals surface area contributed by atoms with Crippen molar-refractivity contribution in [3.8, 4) is 0 Å². The fourth-order valence-electron chi connectivity index (χ4n) is 3.72. The van der Waals surface area contributed by atoms with Gasteiger partial charge in [0.1, 0.15) is 10.7 Å². The van der Waals surface area contributed by atoms with Crippen LogP contribution in [0.5, 0.6) is 0 Å². The van der Waals surface area contributed by atoms with Gasteiger partial charge in [0.05, 0.1) is 0 Å². The fourth-order valence-corrected chi connectivity index (χ4v) is 4.97. The Balaban J connectivity index is 1.53. The first kappa shape index (κ1) is 20.8. The number of hydrogen-bond donors (Lipinski definition) is 1. The van der Waals surface area contributed by atoms with E-state index in [1.807, 2.05) is 25.1 Å². The number of benzene rings is 1. The van der Waals surface area contributed by atoms with Crippen LogP contribution >= 0.6 is 0 Å². The van der Waals surface area contributed by atoms with E-state index in [1.165, 1.54) is 11.8 Å². The van der Waals surface area contributed by atoms with Gasteiger partial charge in [-0.2, -0.15) is 0 Å². The van der Waals surface area contributed by atoms with E-state index in [9.17, 15) is 8.42 Å². The van der Waals surface area contributed by atoms with E-state index in [-0.39, 0.29) is 10.9 Å². The van der Waals surface area contributed by atoms with E-state index < -0.39 is 10.0 Å². The summed E-state index contributed by atoms with van der Waals surface area (Å²) in [5.41, 5.74) is 1.31. The molecule has 28 heavy (non-hydrogen) atoms. The maximum Gasteiger partial charge on any atom is 0.242 e. The third kappa shape index (κ3) is 5.31. The minimum Gasteiger partial charge on any atom is -0.363 e. The highest BCUT2D eigenvalue weighted by Gasteiger charge is 2.27. The Morgan fingerprint density at radius 1 is 1.00 bits per heavy atom. The summed E-state index contributed by atoms with van der Waals surface area (Å²) in [5, 5.41) is 0. The molecular formula is C21H30N4O2S. The van der Waals surface area contributed by atoms with Crippen molar-refractivity contribution in [3.63, 3.8) is 0 Å². The summed E-state index contributed by atoms with van der Waals surface area (Å²) < 4.78 is 28.2. The molecule has 0 saturated heterocycles. The van der Waals surface area contributed by atoms with Gasteiger partial charge in [-0.05, 0) is 50.4 Å². The van der Waals surface area contributed by atoms with Crippen molar-refractivity contribution in [2.75, 3.05) is 26.0 Å². The molecule has 0 radical (unpaired) electrons. The monoisotopic (exact) mass is 402 g/mol. The predicted octanol–water partition coefficient (Wildman–Crippen LogP) is 2.87. The minimum absolute atomic E-state index is 0.0140. The molecule has 1 saturated carbocycles. The molecule has 1 aliphatic rings. The van der Waals surface area contributed by atoms with Crippen molar-refractivity contribution in [2.45, 2.75) is 49.2 Å². The first-order valence-electron chi connectivity index (χ1n) is 9.75. The number of pyridine rings is 1. The number of aromatic nitrogens is 1. The van der Waals surface area contributed by atoms with Crippen molar-refractivity contribution < 1.29 is 8.42 Å². The average molecular weight is 403 g/mol. The lowest BCUT2D eigenvalue weighted by Crippen LogP contribution is -2.42. The first-order chi connectivity index (χ1) is 13.3. The number of anilines is 1. The van der Waals surface area contributed by atoms with Gasteiger partial charge in [-0.3, -0.25) is 4.90 Å². The van der Waals surface area contributed by atoms with Crippen molar-refractivity contribution in [2.24, 2.45) is 0 Å². The average Bonchev–Trinajstić information content (AvgIpc) is 2.69. The van der Waals surface area contributed by atoms with Gasteiger partial charge in [-0.15, -0.1) is 0 Å². The zero-order valence-corrected chi connectivity index (χ0v) is 17.7. The molecular weight excluding hydrogens is 372 g/mol. The van der Waals surface area contributed by atoms with E-state index >= 15 is 0 Å². The molecule has 1 aromatic heterocycles. The third-order valence-corrected chi connectivity index (χ3v) is 6.91. The van der Waals surface area contributed by atoms with Crippen LogP contribution < -0.4 is 9.62 Å². The lowest BCUT2D eigenvalue weighted by molar-refractivity contribution is 0.173. The Labute approximate surface area is 168 Å². The molecule has 2 aromatic rings. The molecule has 7 heteroatoms. The minimum atomic E-state index is -3.53. The molecule has 1 N–H and O–H groups in total. The maximum absolute atomic E-state index is 12.7. The van der Waals surface area contributed by atoms with Gasteiger partial charge in [0, 0.05) is 38.9 Å². The van der Waals surface area contributed by atoms with Gasteiger partial charge in [0.2, 0.25) is 10.0 Å². The van der Waals surface area contributed by atoms with Crippen molar-refractivity contribution in [1.82, 2.24) is 14.6 Å². The summed E-state index contributed by atoms with van der Waals surface area (Å²) in [6.45, 7) is 0.922. The Hall–Kier alpha value is -1.96. The number of nitrogens with one attached hydrogen (secondary N) is 1. The topological polar surface area (TPSA) is 65.5 Å². The van der Waals surface area contributed by atoms with Crippen LogP contribution in [0.4, 0.5) is 5.82 Å². The lowest BCUT2D eigenvalue weighted by Gasteiger charge is -2.35. The predicted molar refractivity (Wildman–Crippen MR) is 113 cm³/mol. The Bertz CT molecular complexity index is 846. The molecule has 1 aliphatic carbocycles. The van der Waals surface area contributed by atoms with Crippen molar-refractivity contribution >= 4 is 15.8 Å². The van der Waals surface area contributed by atoms with Gasteiger partial charge in [0.25, 0.3) is 0 Å². The second kappa shape index (κ2) is 9.03. The highest BCUT2D eigenvalue weighted by molar-refractivity contribution is 7.89.